The first kappa shape index (κ1) is 20.6. The van der Waals surface area contributed by atoms with Gasteiger partial charge in [0.05, 0.1) is 11.4 Å². The molecule has 0 radical (unpaired) electrons. The average Bonchev–Trinajstić information content (AvgIpc) is 3.31. The van der Waals surface area contributed by atoms with Crippen molar-refractivity contribution in [1.82, 2.24) is 19.8 Å². The summed E-state index contributed by atoms with van der Waals surface area (Å²) < 4.78 is 21.8. The fourth-order valence-corrected chi connectivity index (χ4v) is 3.55. The summed E-state index contributed by atoms with van der Waals surface area (Å²) in [5.74, 6) is 0.237. The molecule has 0 aliphatic heterocycles. The van der Waals surface area contributed by atoms with Gasteiger partial charge in [-0.2, -0.15) is 14.5 Å². The molecule has 1 heterocycles. The Morgan fingerprint density at radius 1 is 1.23 bits per heavy atom. The van der Waals surface area contributed by atoms with Gasteiger partial charge in [0, 0.05) is 24.6 Å². The maximum Gasteiger partial charge on any atom is 0.368 e. The number of nitrogens with zero attached hydrogens (tertiary/aromatic N) is 6. The third-order valence-electron chi connectivity index (χ3n) is 5.31. The van der Waals surface area contributed by atoms with E-state index in [0.717, 1.165) is 40.8 Å². The van der Waals surface area contributed by atoms with Crippen LogP contribution in [0.1, 0.15) is 42.0 Å². The van der Waals surface area contributed by atoms with E-state index in [9.17, 15) is 9.18 Å². The number of aromatic nitrogens is 4. The molecular weight excluding hydrogens is 399 g/mol. The predicted molar refractivity (Wildman–Crippen MR) is 115 cm³/mol. The number of hydrogen-bond donors (Lipinski definition) is 0. The highest BCUT2D eigenvalue weighted by Crippen LogP contribution is 2.24. The molecule has 1 aromatic heterocycles. The van der Waals surface area contributed by atoms with Crippen molar-refractivity contribution >= 4 is 11.6 Å². The molecule has 2 aromatic carbocycles. The molecule has 31 heavy (non-hydrogen) atoms. The second-order valence-corrected chi connectivity index (χ2v) is 7.35. The zero-order chi connectivity index (χ0) is 22.0. The molecular formula is C22H23FN6O2. The van der Waals surface area contributed by atoms with Gasteiger partial charge >= 0.3 is 5.69 Å². The van der Waals surface area contributed by atoms with Crippen LogP contribution in [0.5, 0.6) is 0 Å². The standard InChI is InChI=1S/C22H23FN6O2/c1-4-21(25-24-19-11-8-15-12-16(23)9-10-17(15)19)31-13-18-14(2)6-5-7-20(18)29-22(30)28(3)26-27-29/h5-7,9-10,12H,4,8,11,13H2,1-3H3. The van der Waals surface area contributed by atoms with E-state index in [1.807, 2.05) is 26.0 Å². The van der Waals surface area contributed by atoms with Gasteiger partial charge in [-0.15, -0.1) is 5.10 Å². The van der Waals surface area contributed by atoms with Crippen LogP contribution in [0.2, 0.25) is 0 Å². The van der Waals surface area contributed by atoms with Crippen LogP contribution in [0.3, 0.4) is 0 Å². The zero-order valence-corrected chi connectivity index (χ0v) is 17.7. The summed E-state index contributed by atoms with van der Waals surface area (Å²) in [6.07, 6.45) is 2.03. The molecule has 1 aliphatic rings. The normalized spacial score (nSPS) is 14.8. The van der Waals surface area contributed by atoms with Crippen molar-refractivity contribution in [1.29, 1.82) is 0 Å². The summed E-state index contributed by atoms with van der Waals surface area (Å²) in [6, 6.07) is 10.3. The monoisotopic (exact) mass is 422 g/mol. The number of fused-ring (bicyclic) bond motifs is 1. The lowest BCUT2D eigenvalue weighted by molar-refractivity contribution is 0.282. The van der Waals surface area contributed by atoms with Crippen molar-refractivity contribution in [2.24, 2.45) is 17.3 Å². The summed E-state index contributed by atoms with van der Waals surface area (Å²) in [5, 5.41) is 16.4. The van der Waals surface area contributed by atoms with E-state index < -0.39 is 0 Å². The van der Waals surface area contributed by atoms with Crippen LogP contribution in [0, 0.1) is 12.7 Å². The van der Waals surface area contributed by atoms with Crippen LogP contribution in [-0.2, 0) is 24.8 Å². The van der Waals surface area contributed by atoms with Crippen LogP contribution in [0.25, 0.3) is 5.69 Å². The molecule has 0 spiro atoms. The number of aryl methyl sites for hydroxylation is 3. The fraction of sp³-hybridized carbons (Fsp3) is 0.318. The lowest BCUT2D eigenvalue weighted by Crippen LogP contribution is -2.23. The Labute approximate surface area is 178 Å². The highest BCUT2D eigenvalue weighted by molar-refractivity contribution is 6.04. The van der Waals surface area contributed by atoms with Crippen molar-refractivity contribution < 1.29 is 9.13 Å². The van der Waals surface area contributed by atoms with E-state index in [2.05, 4.69) is 20.6 Å². The Hall–Kier alpha value is -3.62. The van der Waals surface area contributed by atoms with E-state index >= 15 is 0 Å². The number of tetrazole rings is 1. The topological polar surface area (TPSA) is 86.7 Å². The third-order valence-corrected chi connectivity index (χ3v) is 5.31. The SMILES string of the molecule is CCC(=NN=C1CCc2cc(F)ccc21)OCc1c(C)cccc1-n1nnn(C)c1=O. The van der Waals surface area contributed by atoms with E-state index in [1.54, 1.807) is 25.2 Å². The minimum Gasteiger partial charge on any atom is -0.475 e. The van der Waals surface area contributed by atoms with E-state index in [4.69, 9.17) is 4.74 Å². The molecule has 1 aliphatic carbocycles. The molecule has 9 heteroatoms. The minimum atomic E-state index is -0.334. The molecule has 4 rings (SSSR count). The van der Waals surface area contributed by atoms with Gasteiger partial charge in [0.15, 0.2) is 0 Å². The van der Waals surface area contributed by atoms with Crippen LogP contribution in [0.4, 0.5) is 4.39 Å². The van der Waals surface area contributed by atoms with Crippen LogP contribution >= 0.6 is 0 Å². The fourth-order valence-electron chi connectivity index (χ4n) is 3.55. The molecule has 0 fully saturated rings. The molecule has 8 nitrogen and oxygen atoms in total. The second kappa shape index (κ2) is 8.63. The first-order valence-electron chi connectivity index (χ1n) is 10.1. The van der Waals surface area contributed by atoms with Gasteiger partial charge in [-0.05, 0) is 65.6 Å². The summed E-state index contributed by atoms with van der Waals surface area (Å²) in [5.41, 5.74) is 4.78. The van der Waals surface area contributed by atoms with Gasteiger partial charge in [-0.25, -0.2) is 9.18 Å². The molecule has 0 bridgehead atoms. The van der Waals surface area contributed by atoms with Gasteiger partial charge in [0.1, 0.15) is 12.4 Å². The largest absolute Gasteiger partial charge is 0.475 e. The van der Waals surface area contributed by atoms with Crippen molar-refractivity contribution in [3.63, 3.8) is 0 Å². The molecule has 0 atom stereocenters. The summed E-state index contributed by atoms with van der Waals surface area (Å²) >= 11 is 0. The Morgan fingerprint density at radius 3 is 2.81 bits per heavy atom. The van der Waals surface area contributed by atoms with Gasteiger partial charge in [0.25, 0.3) is 0 Å². The maximum absolute atomic E-state index is 13.4. The predicted octanol–water partition coefficient (Wildman–Crippen LogP) is 3.09. The number of halogens is 1. The number of ether oxygens (including phenoxy) is 1. The molecule has 0 saturated heterocycles. The van der Waals surface area contributed by atoms with Crippen molar-refractivity contribution in [3.05, 3.63) is 75.0 Å². The molecule has 0 N–H and O–H groups in total. The highest BCUT2D eigenvalue weighted by atomic mass is 19.1. The minimum absolute atomic E-state index is 0.213. The molecule has 3 aromatic rings. The Balaban J connectivity index is 1.57. The van der Waals surface area contributed by atoms with Gasteiger partial charge in [-0.1, -0.05) is 19.1 Å². The number of rotatable bonds is 5. The van der Waals surface area contributed by atoms with E-state index in [1.165, 1.54) is 15.4 Å². The van der Waals surface area contributed by atoms with Crippen LogP contribution < -0.4 is 5.69 Å². The van der Waals surface area contributed by atoms with E-state index in [-0.39, 0.29) is 18.1 Å². The van der Waals surface area contributed by atoms with E-state index in [0.29, 0.717) is 18.0 Å². The number of benzene rings is 2. The molecule has 0 unspecified atom stereocenters. The summed E-state index contributed by atoms with van der Waals surface area (Å²) in [7, 11) is 1.55. The van der Waals surface area contributed by atoms with Gasteiger partial charge in [-0.3, -0.25) is 0 Å². The third kappa shape index (κ3) is 4.16. The first-order chi connectivity index (χ1) is 15.0. The van der Waals surface area contributed by atoms with Gasteiger partial charge in [0.2, 0.25) is 5.90 Å². The molecule has 0 saturated carbocycles. The van der Waals surface area contributed by atoms with Crippen molar-refractivity contribution in [3.8, 4) is 5.69 Å². The zero-order valence-electron chi connectivity index (χ0n) is 17.7. The van der Waals surface area contributed by atoms with Gasteiger partial charge < -0.3 is 4.74 Å². The Bertz CT molecular complexity index is 1240. The summed E-state index contributed by atoms with van der Waals surface area (Å²) in [4.78, 5) is 12.3. The Morgan fingerprint density at radius 2 is 2.06 bits per heavy atom. The smallest absolute Gasteiger partial charge is 0.368 e. The van der Waals surface area contributed by atoms with Crippen LogP contribution in [0.15, 0.2) is 51.4 Å². The highest BCUT2D eigenvalue weighted by Gasteiger charge is 2.18. The quantitative estimate of drug-likeness (QED) is 0.359. The average molecular weight is 422 g/mol. The summed E-state index contributed by atoms with van der Waals surface area (Å²) in [6.45, 7) is 4.09. The lowest BCUT2D eigenvalue weighted by atomic mass is 10.1. The second-order valence-electron chi connectivity index (χ2n) is 7.35. The first-order valence-corrected chi connectivity index (χ1v) is 10.1. The lowest BCUT2D eigenvalue weighted by Gasteiger charge is -2.13. The maximum atomic E-state index is 13.4. The Kier molecular flexibility index (Phi) is 5.75. The molecule has 160 valence electrons. The molecule has 0 amide bonds. The van der Waals surface area contributed by atoms with Crippen LogP contribution in [-0.4, -0.2) is 31.4 Å². The number of hydrogen-bond acceptors (Lipinski definition) is 6. The van der Waals surface area contributed by atoms with Crippen molar-refractivity contribution in [2.45, 2.75) is 39.7 Å². The van der Waals surface area contributed by atoms with Crippen molar-refractivity contribution in [2.75, 3.05) is 0 Å².